The molecule has 0 amide bonds. The molecule has 4 heteroatoms. The molecule has 1 N–H and O–H groups in total. The molecule has 18 heavy (non-hydrogen) atoms. The summed E-state index contributed by atoms with van der Waals surface area (Å²) >= 11 is 0. The molecule has 1 aromatic carbocycles. The number of ether oxygens (including phenoxy) is 1. The first-order valence-electron chi connectivity index (χ1n) is 6.17. The Morgan fingerprint density at radius 2 is 2.17 bits per heavy atom. The van der Waals surface area contributed by atoms with Crippen molar-refractivity contribution in [2.75, 3.05) is 13.7 Å². The number of nitrogens with one attached hydrogen (secondary N) is 1. The first kappa shape index (κ1) is 12.6. The molecule has 0 fully saturated rings. The van der Waals surface area contributed by atoms with Gasteiger partial charge in [0.15, 0.2) is 5.76 Å². The third kappa shape index (κ3) is 2.90. The number of rotatable bonds is 6. The van der Waals surface area contributed by atoms with Crippen LogP contribution in [-0.4, -0.2) is 18.8 Å². The van der Waals surface area contributed by atoms with Gasteiger partial charge in [0, 0.05) is 12.6 Å². The Morgan fingerprint density at radius 3 is 2.94 bits per heavy atom. The molecule has 1 heterocycles. The van der Waals surface area contributed by atoms with E-state index in [1.165, 1.54) is 0 Å². The van der Waals surface area contributed by atoms with Crippen molar-refractivity contribution in [1.82, 2.24) is 10.5 Å². The van der Waals surface area contributed by atoms with E-state index in [1.807, 2.05) is 37.4 Å². The quantitative estimate of drug-likeness (QED) is 0.851. The van der Waals surface area contributed by atoms with Crippen LogP contribution in [0.25, 0.3) is 11.3 Å². The molecule has 96 valence electrons. The standard InChI is InChI=1S/C14H18N2O2/c1-3-8-17-13-7-5-4-6-12(13)14-9-11(10-15-2)16-18-14/h4-7,9,15H,3,8,10H2,1-2H3. The fourth-order valence-corrected chi connectivity index (χ4v) is 1.71. The van der Waals surface area contributed by atoms with Gasteiger partial charge in [-0.25, -0.2) is 0 Å². The monoisotopic (exact) mass is 246 g/mol. The van der Waals surface area contributed by atoms with Crippen LogP contribution in [-0.2, 0) is 6.54 Å². The van der Waals surface area contributed by atoms with Crippen LogP contribution >= 0.6 is 0 Å². The highest BCUT2D eigenvalue weighted by Gasteiger charge is 2.11. The maximum atomic E-state index is 5.71. The van der Waals surface area contributed by atoms with E-state index in [1.54, 1.807) is 0 Å². The van der Waals surface area contributed by atoms with Crippen molar-refractivity contribution < 1.29 is 9.26 Å². The summed E-state index contributed by atoms with van der Waals surface area (Å²) in [6, 6.07) is 9.79. The van der Waals surface area contributed by atoms with Crippen LogP contribution in [0.5, 0.6) is 5.75 Å². The predicted octanol–water partition coefficient (Wildman–Crippen LogP) is 2.85. The average Bonchev–Trinajstić information content (AvgIpc) is 2.86. The van der Waals surface area contributed by atoms with E-state index in [0.717, 1.165) is 29.2 Å². The van der Waals surface area contributed by atoms with Crippen LogP contribution in [0.3, 0.4) is 0 Å². The molecule has 0 saturated heterocycles. The van der Waals surface area contributed by atoms with Gasteiger partial charge in [0.2, 0.25) is 0 Å². The maximum absolute atomic E-state index is 5.71. The molecule has 0 unspecified atom stereocenters. The summed E-state index contributed by atoms with van der Waals surface area (Å²) in [5.74, 6) is 1.58. The van der Waals surface area contributed by atoms with Gasteiger partial charge in [-0.1, -0.05) is 24.2 Å². The Bertz CT molecular complexity index is 494. The fraction of sp³-hybridized carbons (Fsp3) is 0.357. The van der Waals surface area contributed by atoms with E-state index in [0.29, 0.717) is 13.2 Å². The van der Waals surface area contributed by atoms with Crippen LogP contribution in [0.15, 0.2) is 34.9 Å². The van der Waals surface area contributed by atoms with Crippen LogP contribution < -0.4 is 10.1 Å². The highest BCUT2D eigenvalue weighted by Crippen LogP contribution is 2.30. The Labute approximate surface area is 107 Å². The van der Waals surface area contributed by atoms with Crippen molar-refractivity contribution >= 4 is 0 Å². The number of benzene rings is 1. The molecule has 2 rings (SSSR count). The fourth-order valence-electron chi connectivity index (χ4n) is 1.71. The molecular weight excluding hydrogens is 228 g/mol. The summed E-state index contributed by atoms with van der Waals surface area (Å²) in [5.41, 5.74) is 1.83. The minimum absolute atomic E-state index is 0.696. The first-order chi connectivity index (χ1) is 8.85. The van der Waals surface area contributed by atoms with Crippen LogP contribution in [0.2, 0.25) is 0 Å². The largest absolute Gasteiger partial charge is 0.493 e. The van der Waals surface area contributed by atoms with Gasteiger partial charge in [0.1, 0.15) is 5.75 Å². The molecule has 0 atom stereocenters. The van der Waals surface area contributed by atoms with E-state index in [2.05, 4.69) is 17.4 Å². The van der Waals surface area contributed by atoms with E-state index in [9.17, 15) is 0 Å². The van der Waals surface area contributed by atoms with Gasteiger partial charge < -0.3 is 14.6 Å². The molecule has 0 aliphatic heterocycles. The third-order valence-corrected chi connectivity index (χ3v) is 2.53. The molecule has 0 spiro atoms. The molecule has 0 saturated carbocycles. The van der Waals surface area contributed by atoms with Gasteiger partial charge >= 0.3 is 0 Å². The Balaban J connectivity index is 2.25. The van der Waals surface area contributed by atoms with Gasteiger partial charge in [0.25, 0.3) is 0 Å². The average molecular weight is 246 g/mol. The van der Waals surface area contributed by atoms with Crippen molar-refractivity contribution in [3.8, 4) is 17.1 Å². The number of nitrogens with zero attached hydrogens (tertiary/aromatic N) is 1. The second-order valence-electron chi connectivity index (χ2n) is 4.06. The first-order valence-corrected chi connectivity index (χ1v) is 6.17. The number of hydrogen-bond donors (Lipinski definition) is 1. The minimum atomic E-state index is 0.696. The van der Waals surface area contributed by atoms with Crippen molar-refractivity contribution in [2.45, 2.75) is 19.9 Å². The summed E-state index contributed by atoms with van der Waals surface area (Å²) in [7, 11) is 1.88. The Hall–Kier alpha value is -1.81. The minimum Gasteiger partial charge on any atom is -0.493 e. The Kier molecular flexibility index (Phi) is 4.36. The highest BCUT2D eigenvalue weighted by atomic mass is 16.5. The zero-order chi connectivity index (χ0) is 12.8. The van der Waals surface area contributed by atoms with E-state index < -0.39 is 0 Å². The van der Waals surface area contributed by atoms with Crippen molar-refractivity contribution in [2.24, 2.45) is 0 Å². The molecule has 0 aliphatic carbocycles. The second kappa shape index (κ2) is 6.21. The third-order valence-electron chi connectivity index (χ3n) is 2.53. The van der Waals surface area contributed by atoms with Gasteiger partial charge in [-0.05, 0) is 25.6 Å². The number of para-hydroxylation sites is 1. The topological polar surface area (TPSA) is 47.3 Å². The van der Waals surface area contributed by atoms with Crippen molar-refractivity contribution in [3.05, 3.63) is 36.0 Å². The summed E-state index contributed by atoms with van der Waals surface area (Å²) < 4.78 is 11.1. The Morgan fingerprint density at radius 1 is 1.33 bits per heavy atom. The van der Waals surface area contributed by atoms with Crippen LogP contribution in [0.4, 0.5) is 0 Å². The zero-order valence-corrected chi connectivity index (χ0v) is 10.8. The lowest BCUT2D eigenvalue weighted by molar-refractivity contribution is 0.317. The number of hydrogen-bond acceptors (Lipinski definition) is 4. The van der Waals surface area contributed by atoms with Crippen LogP contribution in [0.1, 0.15) is 19.0 Å². The van der Waals surface area contributed by atoms with Crippen molar-refractivity contribution in [3.63, 3.8) is 0 Å². The summed E-state index contributed by atoms with van der Waals surface area (Å²) in [6.45, 7) is 3.48. The molecule has 1 aromatic heterocycles. The van der Waals surface area contributed by atoms with Gasteiger partial charge in [0.05, 0.1) is 17.9 Å². The number of aromatic nitrogens is 1. The zero-order valence-electron chi connectivity index (χ0n) is 10.8. The predicted molar refractivity (Wildman–Crippen MR) is 70.5 cm³/mol. The van der Waals surface area contributed by atoms with E-state index >= 15 is 0 Å². The lowest BCUT2D eigenvalue weighted by Gasteiger charge is -2.07. The molecule has 0 radical (unpaired) electrons. The molecule has 2 aromatic rings. The van der Waals surface area contributed by atoms with Crippen molar-refractivity contribution in [1.29, 1.82) is 0 Å². The smallest absolute Gasteiger partial charge is 0.170 e. The molecule has 0 aliphatic rings. The van der Waals surface area contributed by atoms with Gasteiger partial charge in [-0.2, -0.15) is 0 Å². The van der Waals surface area contributed by atoms with Crippen LogP contribution in [0, 0.1) is 0 Å². The summed E-state index contributed by atoms with van der Waals surface area (Å²) in [4.78, 5) is 0. The summed E-state index contributed by atoms with van der Waals surface area (Å²) in [5, 5.41) is 7.05. The maximum Gasteiger partial charge on any atom is 0.170 e. The van der Waals surface area contributed by atoms with E-state index in [-0.39, 0.29) is 0 Å². The lowest BCUT2D eigenvalue weighted by atomic mass is 10.1. The SMILES string of the molecule is CCCOc1ccccc1-c1cc(CNC)no1. The molecule has 0 bridgehead atoms. The second-order valence-corrected chi connectivity index (χ2v) is 4.06. The highest BCUT2D eigenvalue weighted by molar-refractivity contribution is 5.65. The normalized spacial score (nSPS) is 10.6. The van der Waals surface area contributed by atoms with Gasteiger partial charge in [-0.3, -0.25) is 0 Å². The lowest BCUT2D eigenvalue weighted by Crippen LogP contribution is -2.04. The molecule has 4 nitrogen and oxygen atoms in total. The van der Waals surface area contributed by atoms with Gasteiger partial charge in [-0.15, -0.1) is 0 Å². The molecular formula is C14H18N2O2. The van der Waals surface area contributed by atoms with E-state index in [4.69, 9.17) is 9.26 Å². The summed E-state index contributed by atoms with van der Waals surface area (Å²) in [6.07, 6.45) is 0.982.